The van der Waals surface area contributed by atoms with Gasteiger partial charge in [-0.2, -0.15) is 5.26 Å². The molecule has 0 saturated carbocycles. The minimum Gasteiger partial charge on any atom is -0.507 e. The largest absolute Gasteiger partial charge is 0.507 e. The Hall–Kier alpha value is -2.48. The van der Waals surface area contributed by atoms with E-state index < -0.39 is 5.91 Å². The summed E-state index contributed by atoms with van der Waals surface area (Å²) in [6, 6.07) is 11.3. The third kappa shape index (κ3) is 4.04. The summed E-state index contributed by atoms with van der Waals surface area (Å²) in [5.41, 5.74) is 1.33. The van der Waals surface area contributed by atoms with Crippen molar-refractivity contribution in [3.63, 3.8) is 0 Å². The molecule has 2 rings (SSSR count). The highest BCUT2D eigenvalue weighted by Crippen LogP contribution is 2.25. The monoisotopic (exact) mass is 346 g/mol. The predicted molar refractivity (Wildman–Crippen MR) is 91.5 cm³/mol. The molecule has 0 aliphatic rings. The molecule has 2 aromatic carbocycles. The van der Waals surface area contributed by atoms with Crippen LogP contribution in [0.4, 0.5) is 5.69 Å². The fourth-order valence-corrected chi connectivity index (χ4v) is 2.23. The third-order valence-electron chi connectivity index (χ3n) is 3.17. The van der Waals surface area contributed by atoms with Crippen molar-refractivity contribution in [3.05, 3.63) is 63.1 Å². The van der Waals surface area contributed by atoms with E-state index in [1.165, 1.54) is 24.3 Å². The zero-order valence-corrected chi connectivity index (χ0v) is 13.6. The maximum Gasteiger partial charge on any atom is 0.266 e. The quantitative estimate of drug-likeness (QED) is 0.632. The van der Waals surface area contributed by atoms with Gasteiger partial charge >= 0.3 is 0 Å². The van der Waals surface area contributed by atoms with Crippen LogP contribution in [-0.4, -0.2) is 11.0 Å². The van der Waals surface area contributed by atoms with Crippen LogP contribution in [0.2, 0.25) is 10.0 Å². The fraction of sp³-hybridized carbons (Fsp3) is 0.0588. The number of phenolic OH excluding ortho intramolecular Hbond substituents is 1. The molecule has 4 nitrogen and oxygen atoms in total. The molecule has 2 aromatic rings. The van der Waals surface area contributed by atoms with Crippen molar-refractivity contribution < 1.29 is 9.90 Å². The number of nitriles is 1. The van der Waals surface area contributed by atoms with Crippen molar-refractivity contribution in [2.45, 2.75) is 6.92 Å². The predicted octanol–water partition coefficient (Wildman–Crippen LogP) is 4.55. The number of nitrogens with one attached hydrogen (secondary N) is 1. The minimum atomic E-state index is -0.600. The number of rotatable bonds is 3. The number of phenols is 1. The molecule has 0 spiro atoms. The van der Waals surface area contributed by atoms with Crippen LogP contribution in [0, 0.1) is 18.3 Å². The molecule has 0 radical (unpaired) electrons. The number of hydrogen-bond donors (Lipinski definition) is 2. The van der Waals surface area contributed by atoms with Gasteiger partial charge in [-0.25, -0.2) is 0 Å². The number of aromatic hydroxyl groups is 1. The van der Waals surface area contributed by atoms with Crippen molar-refractivity contribution in [2.24, 2.45) is 0 Å². The van der Waals surface area contributed by atoms with Gasteiger partial charge in [0.05, 0.1) is 0 Å². The Bertz CT molecular complexity index is 839. The first kappa shape index (κ1) is 16.9. The molecule has 0 fully saturated rings. The van der Waals surface area contributed by atoms with Gasteiger partial charge < -0.3 is 10.4 Å². The molecule has 0 aliphatic carbocycles. The average molecular weight is 347 g/mol. The zero-order valence-electron chi connectivity index (χ0n) is 12.1. The lowest BCUT2D eigenvalue weighted by Gasteiger charge is -2.09. The second-order valence-electron chi connectivity index (χ2n) is 4.74. The molecule has 0 unspecified atom stereocenters. The first-order chi connectivity index (χ1) is 10.9. The van der Waals surface area contributed by atoms with Crippen molar-refractivity contribution in [3.8, 4) is 11.8 Å². The highest BCUT2D eigenvalue weighted by Gasteiger charge is 2.13. The maximum absolute atomic E-state index is 12.2. The van der Waals surface area contributed by atoms with E-state index in [1.54, 1.807) is 25.1 Å². The van der Waals surface area contributed by atoms with Crippen LogP contribution < -0.4 is 5.32 Å². The summed E-state index contributed by atoms with van der Waals surface area (Å²) < 4.78 is 0. The highest BCUT2D eigenvalue weighted by atomic mass is 35.5. The lowest BCUT2D eigenvalue weighted by Crippen LogP contribution is -2.14. The van der Waals surface area contributed by atoms with Crippen LogP contribution in [0.15, 0.2) is 42.0 Å². The number of carbonyl (C=O) groups is 1. The van der Waals surface area contributed by atoms with E-state index in [-0.39, 0.29) is 16.9 Å². The van der Waals surface area contributed by atoms with E-state index in [9.17, 15) is 15.2 Å². The second kappa shape index (κ2) is 7.19. The molecule has 0 aromatic heterocycles. The van der Waals surface area contributed by atoms with Gasteiger partial charge in [-0.3, -0.25) is 4.79 Å². The van der Waals surface area contributed by atoms with Gasteiger partial charge in [0.15, 0.2) is 0 Å². The van der Waals surface area contributed by atoms with Gasteiger partial charge in [0.25, 0.3) is 5.91 Å². The number of anilines is 1. The van der Waals surface area contributed by atoms with Crippen LogP contribution in [-0.2, 0) is 4.79 Å². The number of amides is 1. The van der Waals surface area contributed by atoms with Gasteiger partial charge in [0.1, 0.15) is 17.4 Å². The Labute approximate surface area is 143 Å². The molecule has 1 amide bonds. The topological polar surface area (TPSA) is 73.1 Å². The lowest BCUT2D eigenvalue weighted by atomic mass is 10.1. The number of hydrogen-bond acceptors (Lipinski definition) is 3. The Morgan fingerprint density at radius 3 is 2.74 bits per heavy atom. The molecule has 0 saturated heterocycles. The summed E-state index contributed by atoms with van der Waals surface area (Å²) in [6.07, 6.45) is 1.27. The van der Waals surface area contributed by atoms with E-state index in [0.29, 0.717) is 21.3 Å². The lowest BCUT2D eigenvalue weighted by molar-refractivity contribution is -0.112. The molecule has 0 bridgehead atoms. The van der Waals surface area contributed by atoms with Crippen LogP contribution in [0.5, 0.6) is 5.75 Å². The van der Waals surface area contributed by atoms with Crippen molar-refractivity contribution in [1.29, 1.82) is 5.26 Å². The third-order valence-corrected chi connectivity index (χ3v) is 3.81. The summed E-state index contributed by atoms with van der Waals surface area (Å²) in [4.78, 5) is 12.2. The van der Waals surface area contributed by atoms with Gasteiger partial charge in [-0.1, -0.05) is 29.3 Å². The molecule has 6 heteroatoms. The number of halogens is 2. The zero-order chi connectivity index (χ0) is 17.0. The summed E-state index contributed by atoms with van der Waals surface area (Å²) in [5, 5.41) is 22.5. The van der Waals surface area contributed by atoms with E-state index in [0.717, 1.165) is 0 Å². The van der Waals surface area contributed by atoms with Crippen LogP contribution in [0.25, 0.3) is 6.08 Å². The first-order valence-electron chi connectivity index (χ1n) is 6.59. The number of carbonyl (C=O) groups excluding carboxylic acids is 1. The molecular formula is C17H12Cl2N2O2. The Balaban J connectivity index is 2.32. The summed E-state index contributed by atoms with van der Waals surface area (Å²) in [5.74, 6) is -0.675. The minimum absolute atomic E-state index is 0.0751. The number of benzene rings is 2. The highest BCUT2D eigenvalue weighted by molar-refractivity contribution is 6.32. The van der Waals surface area contributed by atoms with Gasteiger partial charge in [0, 0.05) is 21.3 Å². The van der Waals surface area contributed by atoms with Gasteiger partial charge in [0.2, 0.25) is 0 Å². The van der Waals surface area contributed by atoms with Crippen LogP contribution in [0.1, 0.15) is 11.1 Å². The SMILES string of the molecule is Cc1c(Cl)cccc1NC(=O)/C(C#N)=C/c1cc(Cl)ccc1O. The molecule has 0 heterocycles. The Kier molecular flexibility index (Phi) is 5.28. The molecule has 0 aliphatic heterocycles. The van der Waals surface area contributed by atoms with E-state index >= 15 is 0 Å². The first-order valence-corrected chi connectivity index (χ1v) is 7.34. The van der Waals surface area contributed by atoms with Crippen molar-refractivity contribution in [2.75, 3.05) is 5.32 Å². The van der Waals surface area contributed by atoms with Gasteiger partial charge in [-0.05, 0) is 48.9 Å². The maximum atomic E-state index is 12.2. The van der Waals surface area contributed by atoms with Crippen LogP contribution in [0.3, 0.4) is 0 Å². The van der Waals surface area contributed by atoms with E-state index in [1.807, 2.05) is 6.07 Å². The number of nitrogens with zero attached hydrogens (tertiary/aromatic N) is 1. The molecule has 23 heavy (non-hydrogen) atoms. The Morgan fingerprint density at radius 1 is 1.30 bits per heavy atom. The molecule has 2 N–H and O–H groups in total. The molecular weight excluding hydrogens is 335 g/mol. The summed E-state index contributed by atoms with van der Waals surface area (Å²) in [6.45, 7) is 1.76. The average Bonchev–Trinajstić information content (AvgIpc) is 2.52. The summed E-state index contributed by atoms with van der Waals surface area (Å²) >= 11 is 11.9. The molecule has 116 valence electrons. The fourth-order valence-electron chi connectivity index (χ4n) is 1.88. The summed E-state index contributed by atoms with van der Waals surface area (Å²) in [7, 11) is 0. The van der Waals surface area contributed by atoms with E-state index in [4.69, 9.17) is 23.2 Å². The second-order valence-corrected chi connectivity index (χ2v) is 5.58. The standard InChI is InChI=1S/C17H12Cl2N2O2/c1-10-14(19)3-2-4-15(10)21-17(23)12(9-20)7-11-8-13(18)5-6-16(11)22/h2-8,22H,1H3,(H,21,23)/b12-7+. The van der Waals surface area contributed by atoms with Crippen LogP contribution >= 0.6 is 23.2 Å². The van der Waals surface area contributed by atoms with Gasteiger partial charge in [-0.15, -0.1) is 0 Å². The normalized spacial score (nSPS) is 11.0. The van der Waals surface area contributed by atoms with Crippen molar-refractivity contribution in [1.82, 2.24) is 0 Å². The van der Waals surface area contributed by atoms with E-state index in [2.05, 4.69) is 5.32 Å². The molecule has 0 atom stereocenters. The van der Waals surface area contributed by atoms with Crippen molar-refractivity contribution >= 4 is 40.9 Å². The smallest absolute Gasteiger partial charge is 0.266 e. The Morgan fingerprint density at radius 2 is 2.04 bits per heavy atom.